The van der Waals surface area contributed by atoms with Crippen molar-refractivity contribution >= 4 is 11.8 Å². The third kappa shape index (κ3) is 4.00. The fraction of sp³-hybridized carbons (Fsp3) is 0.500. The van der Waals surface area contributed by atoms with E-state index in [-0.39, 0.29) is 5.92 Å². The first-order valence-corrected chi connectivity index (χ1v) is 7.28. The Labute approximate surface area is 128 Å². The summed E-state index contributed by atoms with van der Waals surface area (Å²) >= 11 is 0. The lowest BCUT2D eigenvalue weighted by atomic mass is 9.84. The number of H-pyrrole nitrogens is 1. The number of carbonyl (C=O) groups is 1. The first-order chi connectivity index (χ1) is 10.6. The van der Waals surface area contributed by atoms with Gasteiger partial charge in [0.15, 0.2) is 5.82 Å². The molecule has 0 spiro atoms. The highest BCUT2D eigenvalue weighted by Crippen LogP contribution is 2.30. The maximum absolute atomic E-state index is 11.6. The number of nitrogens with one attached hydrogen (secondary N) is 1. The van der Waals surface area contributed by atoms with Crippen molar-refractivity contribution in [2.75, 3.05) is 5.73 Å². The number of nitrogens with zero attached hydrogens (tertiary/aromatic N) is 4. The number of anilines is 1. The van der Waals surface area contributed by atoms with Gasteiger partial charge in [0.1, 0.15) is 5.82 Å². The largest absolute Gasteiger partial charge is 0.481 e. The number of tetrazole rings is 1. The van der Waals surface area contributed by atoms with E-state index in [2.05, 4.69) is 25.6 Å². The number of hydrogen-bond acceptors (Lipinski definition) is 6. The van der Waals surface area contributed by atoms with Crippen LogP contribution in [0.1, 0.15) is 43.5 Å². The first-order valence-electron chi connectivity index (χ1n) is 7.28. The van der Waals surface area contributed by atoms with Gasteiger partial charge in [-0.15, -0.1) is 10.2 Å². The molecule has 2 atom stereocenters. The lowest BCUT2D eigenvalue weighted by Gasteiger charge is -2.20. The molecule has 0 saturated heterocycles. The quantitative estimate of drug-likeness (QED) is 0.671. The highest BCUT2D eigenvalue weighted by Gasteiger charge is 2.31. The second-order valence-corrected chi connectivity index (χ2v) is 5.24. The Balaban J connectivity index is 2.14. The fourth-order valence-electron chi connectivity index (χ4n) is 2.55. The molecule has 0 bridgehead atoms. The van der Waals surface area contributed by atoms with Crippen molar-refractivity contribution in [3.8, 4) is 0 Å². The Hall–Kier alpha value is -2.51. The highest BCUT2D eigenvalue weighted by molar-refractivity contribution is 5.71. The van der Waals surface area contributed by atoms with E-state index < -0.39 is 11.9 Å². The molecule has 0 aliphatic heterocycles. The van der Waals surface area contributed by atoms with E-state index in [1.165, 1.54) is 0 Å². The third-order valence-corrected chi connectivity index (χ3v) is 3.69. The standard InChI is InChI=1S/C14H20N6O2/c1-2-3-11(14(21)22)10(13-17-19-20-18-13)6-4-9-5-7-12(15)16-8-9/h5,7-8,10-11H,2-4,6H2,1H3,(H2,15,16)(H,21,22)(H,17,18,19,20). The van der Waals surface area contributed by atoms with Gasteiger partial charge in [0, 0.05) is 12.1 Å². The van der Waals surface area contributed by atoms with Crippen LogP contribution in [0.25, 0.3) is 0 Å². The van der Waals surface area contributed by atoms with Gasteiger partial charge in [0.05, 0.1) is 5.92 Å². The number of aromatic nitrogens is 5. The minimum absolute atomic E-state index is 0.284. The fourth-order valence-corrected chi connectivity index (χ4v) is 2.55. The molecule has 2 aromatic heterocycles. The molecule has 0 aliphatic rings. The third-order valence-electron chi connectivity index (χ3n) is 3.69. The smallest absolute Gasteiger partial charge is 0.307 e. The summed E-state index contributed by atoms with van der Waals surface area (Å²) in [6.07, 6.45) is 4.36. The van der Waals surface area contributed by atoms with Gasteiger partial charge in [-0.2, -0.15) is 5.21 Å². The zero-order valence-electron chi connectivity index (χ0n) is 12.4. The Morgan fingerprint density at radius 2 is 2.23 bits per heavy atom. The van der Waals surface area contributed by atoms with Crippen molar-refractivity contribution in [1.29, 1.82) is 0 Å². The van der Waals surface area contributed by atoms with Crippen LogP contribution in [0.2, 0.25) is 0 Å². The van der Waals surface area contributed by atoms with Crippen molar-refractivity contribution in [1.82, 2.24) is 25.6 Å². The van der Waals surface area contributed by atoms with Gasteiger partial charge in [0.25, 0.3) is 0 Å². The monoisotopic (exact) mass is 304 g/mol. The molecule has 0 radical (unpaired) electrons. The van der Waals surface area contributed by atoms with Crippen LogP contribution in [-0.2, 0) is 11.2 Å². The molecule has 8 nitrogen and oxygen atoms in total. The molecule has 2 heterocycles. The van der Waals surface area contributed by atoms with Crippen molar-refractivity contribution in [3.63, 3.8) is 0 Å². The maximum atomic E-state index is 11.6. The number of nitrogen functional groups attached to an aromatic ring is 1. The van der Waals surface area contributed by atoms with Gasteiger partial charge in [0.2, 0.25) is 0 Å². The second kappa shape index (κ2) is 7.48. The molecular formula is C14H20N6O2. The number of carboxylic acids is 1. The summed E-state index contributed by atoms with van der Waals surface area (Å²) in [5, 5.41) is 23.4. The van der Waals surface area contributed by atoms with Gasteiger partial charge >= 0.3 is 5.97 Å². The number of pyridine rings is 1. The SMILES string of the molecule is CCCC(C(=O)O)C(CCc1ccc(N)nc1)c1nn[nH]n1. The van der Waals surface area contributed by atoms with E-state index in [4.69, 9.17) is 5.73 Å². The molecule has 2 unspecified atom stereocenters. The molecule has 0 fully saturated rings. The Morgan fingerprint density at radius 3 is 2.77 bits per heavy atom. The van der Waals surface area contributed by atoms with Crippen LogP contribution >= 0.6 is 0 Å². The van der Waals surface area contributed by atoms with Crippen LogP contribution in [0, 0.1) is 5.92 Å². The number of carboxylic acid groups (broad SMARTS) is 1. The van der Waals surface area contributed by atoms with Crippen LogP contribution < -0.4 is 5.73 Å². The van der Waals surface area contributed by atoms with Crippen molar-refractivity contribution in [2.24, 2.45) is 5.92 Å². The highest BCUT2D eigenvalue weighted by atomic mass is 16.4. The zero-order chi connectivity index (χ0) is 15.9. The van der Waals surface area contributed by atoms with Crippen LogP contribution in [-0.4, -0.2) is 36.7 Å². The summed E-state index contributed by atoms with van der Waals surface area (Å²) in [6.45, 7) is 1.97. The van der Waals surface area contributed by atoms with Crippen molar-refractivity contribution in [3.05, 3.63) is 29.7 Å². The Bertz CT molecular complexity index is 584. The number of aliphatic carboxylic acids is 1. The lowest BCUT2D eigenvalue weighted by Crippen LogP contribution is -2.23. The zero-order valence-corrected chi connectivity index (χ0v) is 12.4. The Morgan fingerprint density at radius 1 is 1.41 bits per heavy atom. The Kier molecular flexibility index (Phi) is 5.40. The minimum Gasteiger partial charge on any atom is -0.481 e. The van der Waals surface area contributed by atoms with Crippen LogP contribution in [0.5, 0.6) is 0 Å². The van der Waals surface area contributed by atoms with E-state index in [0.717, 1.165) is 12.0 Å². The number of nitrogens with two attached hydrogens (primary N) is 1. The molecule has 4 N–H and O–H groups in total. The summed E-state index contributed by atoms with van der Waals surface area (Å²) in [7, 11) is 0. The molecule has 2 aromatic rings. The number of rotatable bonds is 8. The lowest BCUT2D eigenvalue weighted by molar-refractivity contribution is -0.143. The van der Waals surface area contributed by atoms with Crippen LogP contribution in [0.15, 0.2) is 18.3 Å². The normalized spacial score (nSPS) is 13.7. The summed E-state index contributed by atoms with van der Waals surface area (Å²) in [5.74, 6) is -0.720. The van der Waals surface area contributed by atoms with E-state index in [9.17, 15) is 9.90 Å². The van der Waals surface area contributed by atoms with E-state index in [0.29, 0.717) is 30.9 Å². The molecule has 0 aliphatic carbocycles. The minimum atomic E-state index is -0.827. The summed E-state index contributed by atoms with van der Waals surface area (Å²) in [4.78, 5) is 15.6. The maximum Gasteiger partial charge on any atom is 0.307 e. The number of hydrogen-bond donors (Lipinski definition) is 3. The van der Waals surface area contributed by atoms with Gasteiger partial charge in [-0.1, -0.05) is 24.6 Å². The molecule has 0 amide bonds. The van der Waals surface area contributed by atoms with Gasteiger partial charge in [-0.25, -0.2) is 4.98 Å². The van der Waals surface area contributed by atoms with Gasteiger partial charge in [-0.05, 0) is 30.9 Å². The van der Waals surface area contributed by atoms with Crippen LogP contribution in [0.3, 0.4) is 0 Å². The first kappa shape index (κ1) is 15.9. The molecule has 2 rings (SSSR count). The van der Waals surface area contributed by atoms with Crippen LogP contribution in [0.4, 0.5) is 5.82 Å². The number of aryl methyl sites for hydroxylation is 1. The van der Waals surface area contributed by atoms with Gasteiger partial charge < -0.3 is 10.8 Å². The molecular weight excluding hydrogens is 284 g/mol. The topological polar surface area (TPSA) is 131 Å². The van der Waals surface area contributed by atoms with E-state index in [1.54, 1.807) is 12.3 Å². The predicted molar refractivity (Wildman–Crippen MR) is 79.9 cm³/mol. The molecule has 8 heteroatoms. The molecule has 22 heavy (non-hydrogen) atoms. The van der Waals surface area contributed by atoms with Crippen molar-refractivity contribution < 1.29 is 9.90 Å². The van der Waals surface area contributed by atoms with Crippen molar-refractivity contribution in [2.45, 2.75) is 38.5 Å². The van der Waals surface area contributed by atoms with Gasteiger partial charge in [-0.3, -0.25) is 4.79 Å². The van der Waals surface area contributed by atoms with E-state index in [1.807, 2.05) is 13.0 Å². The second-order valence-electron chi connectivity index (χ2n) is 5.24. The predicted octanol–water partition coefficient (Wildman–Crippen LogP) is 1.39. The average molecular weight is 304 g/mol. The molecule has 0 aromatic carbocycles. The number of aromatic amines is 1. The molecule has 0 saturated carbocycles. The average Bonchev–Trinajstić information content (AvgIpc) is 3.02. The van der Waals surface area contributed by atoms with E-state index >= 15 is 0 Å². The summed E-state index contributed by atoms with van der Waals surface area (Å²) in [5.41, 5.74) is 6.57. The summed E-state index contributed by atoms with van der Waals surface area (Å²) < 4.78 is 0. The summed E-state index contributed by atoms with van der Waals surface area (Å²) in [6, 6.07) is 3.63. The molecule has 118 valence electrons.